The van der Waals surface area contributed by atoms with Crippen LogP contribution in [0.2, 0.25) is 0 Å². The van der Waals surface area contributed by atoms with Crippen molar-refractivity contribution in [2.24, 2.45) is 0 Å². The summed E-state index contributed by atoms with van der Waals surface area (Å²) in [5.74, 6) is 1.06. The van der Waals surface area contributed by atoms with Crippen molar-refractivity contribution < 1.29 is 4.39 Å². The minimum absolute atomic E-state index is 0.0365. The third-order valence-electron chi connectivity index (χ3n) is 3.62. The molecule has 1 fully saturated rings. The standard InChI is InChI=1S/C16H23F/c1-10(2)12-9-15(17)14(16(3,4)5)8-13(12)11-6-7-11/h8-11H,6-7H2,1-5H3. The molecule has 1 aliphatic rings. The lowest BCUT2D eigenvalue weighted by Gasteiger charge is -2.23. The van der Waals surface area contributed by atoms with Gasteiger partial charge in [-0.25, -0.2) is 4.39 Å². The van der Waals surface area contributed by atoms with Gasteiger partial charge in [-0.2, -0.15) is 0 Å². The van der Waals surface area contributed by atoms with Crippen molar-refractivity contribution in [3.63, 3.8) is 0 Å². The maximum Gasteiger partial charge on any atom is 0.127 e. The smallest absolute Gasteiger partial charge is 0.127 e. The summed E-state index contributed by atoms with van der Waals surface area (Å²) in [6.07, 6.45) is 2.55. The Kier molecular flexibility index (Phi) is 3.05. The summed E-state index contributed by atoms with van der Waals surface area (Å²) < 4.78 is 14.2. The molecule has 1 heteroatoms. The van der Waals surface area contributed by atoms with Crippen LogP contribution in [0.1, 0.15) is 76.0 Å². The molecule has 0 N–H and O–H groups in total. The highest BCUT2D eigenvalue weighted by atomic mass is 19.1. The second kappa shape index (κ2) is 4.12. The van der Waals surface area contributed by atoms with E-state index in [9.17, 15) is 4.39 Å². The molecule has 94 valence electrons. The predicted molar refractivity (Wildman–Crippen MR) is 71.2 cm³/mol. The van der Waals surface area contributed by atoms with Crippen molar-refractivity contribution in [2.75, 3.05) is 0 Å². The largest absolute Gasteiger partial charge is 0.207 e. The maximum absolute atomic E-state index is 14.2. The van der Waals surface area contributed by atoms with Gasteiger partial charge in [-0.15, -0.1) is 0 Å². The predicted octanol–water partition coefficient (Wildman–Crippen LogP) is 5.12. The second-order valence-electron chi connectivity index (χ2n) is 6.64. The van der Waals surface area contributed by atoms with Gasteiger partial charge in [0.15, 0.2) is 0 Å². The summed E-state index contributed by atoms with van der Waals surface area (Å²) in [4.78, 5) is 0. The minimum Gasteiger partial charge on any atom is -0.207 e. The van der Waals surface area contributed by atoms with Gasteiger partial charge >= 0.3 is 0 Å². The van der Waals surface area contributed by atoms with Gasteiger partial charge in [-0.05, 0) is 52.8 Å². The molecule has 1 aromatic carbocycles. The van der Waals surface area contributed by atoms with Crippen molar-refractivity contribution in [3.05, 3.63) is 34.6 Å². The van der Waals surface area contributed by atoms with E-state index in [-0.39, 0.29) is 11.2 Å². The van der Waals surface area contributed by atoms with Gasteiger partial charge in [0.2, 0.25) is 0 Å². The van der Waals surface area contributed by atoms with Gasteiger partial charge in [0, 0.05) is 0 Å². The minimum atomic E-state index is -0.108. The van der Waals surface area contributed by atoms with E-state index in [1.165, 1.54) is 24.0 Å². The Morgan fingerprint density at radius 1 is 1.18 bits per heavy atom. The Hall–Kier alpha value is -0.850. The summed E-state index contributed by atoms with van der Waals surface area (Å²) in [5.41, 5.74) is 3.36. The normalized spacial score (nSPS) is 16.6. The fraction of sp³-hybridized carbons (Fsp3) is 0.625. The van der Waals surface area contributed by atoms with E-state index in [0.717, 1.165) is 5.56 Å². The molecule has 0 saturated heterocycles. The Morgan fingerprint density at radius 2 is 1.76 bits per heavy atom. The Labute approximate surface area is 104 Å². The summed E-state index contributed by atoms with van der Waals surface area (Å²) in [6, 6.07) is 3.90. The zero-order valence-electron chi connectivity index (χ0n) is 11.6. The third-order valence-corrected chi connectivity index (χ3v) is 3.62. The van der Waals surface area contributed by atoms with Crippen LogP contribution < -0.4 is 0 Å². The Balaban J connectivity index is 2.55. The Morgan fingerprint density at radius 3 is 2.18 bits per heavy atom. The topological polar surface area (TPSA) is 0 Å². The van der Waals surface area contributed by atoms with Crippen molar-refractivity contribution in [1.29, 1.82) is 0 Å². The van der Waals surface area contributed by atoms with Crippen LogP contribution in [0.25, 0.3) is 0 Å². The fourth-order valence-electron chi connectivity index (χ4n) is 2.43. The van der Waals surface area contributed by atoms with Gasteiger partial charge < -0.3 is 0 Å². The number of hydrogen-bond acceptors (Lipinski definition) is 0. The zero-order valence-corrected chi connectivity index (χ0v) is 11.6. The van der Waals surface area contributed by atoms with Gasteiger partial charge in [0.05, 0.1) is 0 Å². The molecule has 0 atom stereocenters. The van der Waals surface area contributed by atoms with E-state index in [0.29, 0.717) is 11.8 Å². The van der Waals surface area contributed by atoms with Crippen molar-refractivity contribution >= 4 is 0 Å². The van der Waals surface area contributed by atoms with Crippen molar-refractivity contribution in [3.8, 4) is 0 Å². The van der Waals surface area contributed by atoms with E-state index in [1.807, 2.05) is 0 Å². The molecule has 2 rings (SSSR count). The van der Waals surface area contributed by atoms with Crippen LogP contribution in [0, 0.1) is 5.82 Å². The monoisotopic (exact) mass is 234 g/mol. The lowest BCUT2D eigenvalue weighted by atomic mass is 9.82. The first kappa shape index (κ1) is 12.6. The lowest BCUT2D eigenvalue weighted by molar-refractivity contribution is 0.519. The molecule has 17 heavy (non-hydrogen) atoms. The highest BCUT2D eigenvalue weighted by Crippen LogP contribution is 2.45. The maximum atomic E-state index is 14.2. The summed E-state index contributed by atoms with van der Waals surface area (Å²) >= 11 is 0. The summed E-state index contributed by atoms with van der Waals surface area (Å²) in [6.45, 7) is 10.5. The number of hydrogen-bond donors (Lipinski definition) is 0. The van der Waals surface area contributed by atoms with Crippen LogP contribution in [-0.4, -0.2) is 0 Å². The fourth-order valence-corrected chi connectivity index (χ4v) is 2.43. The average Bonchev–Trinajstić information content (AvgIpc) is 2.98. The average molecular weight is 234 g/mol. The second-order valence-corrected chi connectivity index (χ2v) is 6.64. The summed E-state index contributed by atoms with van der Waals surface area (Å²) in [5, 5.41) is 0. The molecule has 0 nitrogen and oxygen atoms in total. The van der Waals surface area contributed by atoms with E-state index < -0.39 is 0 Å². The third kappa shape index (κ3) is 2.53. The molecule has 1 aromatic rings. The molecule has 0 aliphatic heterocycles. The molecule has 1 aliphatic carbocycles. The molecular weight excluding hydrogens is 211 g/mol. The highest BCUT2D eigenvalue weighted by Gasteiger charge is 2.30. The molecule has 0 radical (unpaired) electrons. The Bertz CT molecular complexity index is 420. The van der Waals surface area contributed by atoms with Gasteiger partial charge in [0.1, 0.15) is 5.82 Å². The quantitative estimate of drug-likeness (QED) is 0.666. The van der Waals surface area contributed by atoms with Gasteiger partial charge in [-0.1, -0.05) is 40.7 Å². The first-order chi connectivity index (χ1) is 7.80. The molecule has 0 amide bonds. The van der Waals surface area contributed by atoms with Crippen LogP contribution >= 0.6 is 0 Å². The SMILES string of the molecule is CC(C)c1cc(F)c(C(C)(C)C)cc1C1CC1. The molecule has 0 aromatic heterocycles. The molecule has 0 heterocycles. The highest BCUT2D eigenvalue weighted by molar-refractivity contribution is 5.41. The van der Waals surface area contributed by atoms with E-state index in [1.54, 1.807) is 6.07 Å². The van der Waals surface area contributed by atoms with Crippen LogP contribution in [-0.2, 0) is 5.41 Å². The number of halogens is 1. The van der Waals surface area contributed by atoms with E-state index in [2.05, 4.69) is 40.7 Å². The van der Waals surface area contributed by atoms with Crippen LogP contribution in [0.3, 0.4) is 0 Å². The van der Waals surface area contributed by atoms with Gasteiger partial charge in [-0.3, -0.25) is 0 Å². The van der Waals surface area contributed by atoms with Crippen LogP contribution in [0.5, 0.6) is 0 Å². The zero-order chi connectivity index (χ0) is 12.8. The molecule has 0 bridgehead atoms. The van der Waals surface area contributed by atoms with Crippen molar-refractivity contribution in [2.45, 2.75) is 64.7 Å². The van der Waals surface area contributed by atoms with Crippen molar-refractivity contribution in [1.82, 2.24) is 0 Å². The van der Waals surface area contributed by atoms with Crippen LogP contribution in [0.4, 0.5) is 4.39 Å². The number of benzene rings is 1. The van der Waals surface area contributed by atoms with Crippen LogP contribution in [0.15, 0.2) is 12.1 Å². The first-order valence-electron chi connectivity index (χ1n) is 6.64. The lowest BCUT2D eigenvalue weighted by Crippen LogP contribution is -2.15. The first-order valence-corrected chi connectivity index (χ1v) is 6.64. The summed E-state index contributed by atoms with van der Waals surface area (Å²) in [7, 11) is 0. The van der Waals surface area contributed by atoms with E-state index in [4.69, 9.17) is 0 Å². The molecule has 0 spiro atoms. The molecule has 0 unspecified atom stereocenters. The van der Waals surface area contributed by atoms with Gasteiger partial charge in [0.25, 0.3) is 0 Å². The molecular formula is C16H23F. The number of rotatable bonds is 2. The molecule has 1 saturated carbocycles. The van der Waals surface area contributed by atoms with E-state index >= 15 is 0 Å².